The number of aromatic nitrogens is 2. The topological polar surface area (TPSA) is 17.8 Å². The Kier molecular flexibility index (Phi) is 2.94. The van der Waals surface area contributed by atoms with Crippen LogP contribution >= 0.6 is 51.1 Å². The molecule has 0 aliphatic carbocycles. The monoisotopic (exact) mass is 240 g/mol. The van der Waals surface area contributed by atoms with E-state index in [2.05, 4.69) is 5.10 Å². The van der Waals surface area contributed by atoms with E-state index in [9.17, 15) is 0 Å². The highest BCUT2D eigenvalue weighted by Gasteiger charge is 2.14. The molecule has 0 fully saturated rings. The lowest BCUT2D eigenvalue weighted by molar-refractivity contribution is 0.693. The molecular formula is C4H4N2S5. The fourth-order valence-electron chi connectivity index (χ4n) is 0.666. The van der Waals surface area contributed by atoms with Gasteiger partial charge in [0.1, 0.15) is 5.03 Å². The van der Waals surface area contributed by atoms with Gasteiger partial charge in [-0.2, -0.15) is 5.10 Å². The van der Waals surface area contributed by atoms with Gasteiger partial charge in [0, 0.05) is 7.05 Å². The van der Waals surface area contributed by atoms with Crippen molar-refractivity contribution in [1.82, 2.24) is 9.78 Å². The highest BCUT2D eigenvalue weighted by molar-refractivity contribution is 9.36. The van der Waals surface area contributed by atoms with Crippen LogP contribution in [0.2, 0.25) is 0 Å². The number of fused-ring (bicyclic) bond motifs is 1. The molecule has 0 saturated carbocycles. The standard InChI is InChI=1S/C4H4N2S5/c1-6-4-3(2-5-6)7-9-11-10-8-4/h2H,1H3. The van der Waals surface area contributed by atoms with E-state index in [1.54, 1.807) is 51.1 Å². The molecule has 0 amide bonds. The second-order valence-corrected chi connectivity index (χ2v) is 9.28. The third kappa shape index (κ3) is 1.82. The molecule has 0 atom stereocenters. The summed E-state index contributed by atoms with van der Waals surface area (Å²) in [6.45, 7) is 0. The van der Waals surface area contributed by atoms with E-state index < -0.39 is 0 Å². The van der Waals surface area contributed by atoms with Crippen LogP contribution in [0.5, 0.6) is 0 Å². The van der Waals surface area contributed by atoms with Crippen LogP contribution < -0.4 is 0 Å². The molecule has 1 aliphatic heterocycles. The number of hydrogen-bond acceptors (Lipinski definition) is 6. The second-order valence-electron chi connectivity index (χ2n) is 1.81. The average Bonchev–Trinajstić information content (AvgIpc) is 2.25. The molecule has 1 aliphatic rings. The maximum Gasteiger partial charge on any atom is 0.119 e. The molecule has 1 aromatic rings. The summed E-state index contributed by atoms with van der Waals surface area (Å²) in [6.07, 6.45) is 1.92. The molecule has 0 saturated heterocycles. The predicted molar refractivity (Wildman–Crippen MR) is 57.7 cm³/mol. The maximum atomic E-state index is 4.18. The van der Waals surface area contributed by atoms with Gasteiger partial charge in [-0.05, 0) is 51.1 Å². The quantitative estimate of drug-likeness (QED) is 0.641. The van der Waals surface area contributed by atoms with Gasteiger partial charge >= 0.3 is 0 Å². The Labute approximate surface area is 83.6 Å². The van der Waals surface area contributed by atoms with Crippen molar-refractivity contribution in [2.45, 2.75) is 9.92 Å². The van der Waals surface area contributed by atoms with Crippen LogP contribution in [0.25, 0.3) is 0 Å². The summed E-state index contributed by atoms with van der Waals surface area (Å²) < 4.78 is 1.92. The van der Waals surface area contributed by atoms with Crippen LogP contribution in [0.4, 0.5) is 0 Å². The lowest BCUT2D eigenvalue weighted by atomic mass is 10.7. The smallest absolute Gasteiger partial charge is 0.119 e. The molecule has 7 heteroatoms. The Bertz CT molecular complexity index is 259. The van der Waals surface area contributed by atoms with Crippen molar-refractivity contribution < 1.29 is 0 Å². The van der Waals surface area contributed by atoms with Crippen LogP contribution in [0.1, 0.15) is 0 Å². The molecule has 0 unspecified atom stereocenters. The van der Waals surface area contributed by atoms with Crippen molar-refractivity contribution in [3.05, 3.63) is 6.20 Å². The molecular weight excluding hydrogens is 236 g/mol. The van der Waals surface area contributed by atoms with E-state index in [1.807, 2.05) is 17.9 Å². The summed E-state index contributed by atoms with van der Waals surface area (Å²) in [4.78, 5) is 1.28. The lowest BCUT2D eigenvalue weighted by Crippen LogP contribution is -1.89. The Morgan fingerprint density at radius 1 is 1.27 bits per heavy atom. The lowest BCUT2D eigenvalue weighted by Gasteiger charge is -1.95. The Morgan fingerprint density at radius 2 is 2.09 bits per heavy atom. The molecule has 0 N–H and O–H groups in total. The largest absolute Gasteiger partial charge is 0.260 e. The molecule has 1 aromatic heterocycles. The summed E-state index contributed by atoms with van der Waals surface area (Å²) in [6, 6.07) is 0. The third-order valence-corrected chi connectivity index (χ3v) is 9.62. The van der Waals surface area contributed by atoms with Gasteiger partial charge < -0.3 is 0 Å². The zero-order chi connectivity index (χ0) is 7.68. The van der Waals surface area contributed by atoms with Gasteiger partial charge in [0.2, 0.25) is 0 Å². The third-order valence-electron chi connectivity index (χ3n) is 1.15. The predicted octanol–water partition coefficient (Wildman–Crippen LogP) is 3.48. The van der Waals surface area contributed by atoms with Crippen molar-refractivity contribution in [2.75, 3.05) is 0 Å². The van der Waals surface area contributed by atoms with E-state index in [-0.39, 0.29) is 0 Å². The molecule has 0 radical (unpaired) electrons. The van der Waals surface area contributed by atoms with Crippen LogP contribution in [0.15, 0.2) is 16.1 Å². The van der Waals surface area contributed by atoms with Gasteiger partial charge in [0.05, 0.1) is 11.1 Å². The zero-order valence-corrected chi connectivity index (χ0v) is 9.60. The first-order chi connectivity index (χ1) is 5.38. The second kappa shape index (κ2) is 3.78. The van der Waals surface area contributed by atoms with Crippen molar-refractivity contribution in [3.63, 3.8) is 0 Å². The Balaban J connectivity index is 2.35. The fraction of sp³-hybridized carbons (Fsp3) is 0.250. The summed E-state index contributed by atoms with van der Waals surface area (Å²) >= 11 is 0. The van der Waals surface area contributed by atoms with Crippen molar-refractivity contribution in [2.24, 2.45) is 7.05 Å². The molecule has 2 nitrogen and oxygen atoms in total. The first kappa shape index (κ1) is 8.55. The van der Waals surface area contributed by atoms with Crippen LogP contribution in [0.3, 0.4) is 0 Å². The first-order valence-electron chi connectivity index (χ1n) is 2.74. The number of hydrogen-bond donors (Lipinski definition) is 0. The summed E-state index contributed by atoms with van der Waals surface area (Å²) in [7, 11) is 10.9. The van der Waals surface area contributed by atoms with Gasteiger partial charge in [-0.15, -0.1) is 0 Å². The summed E-state index contributed by atoms with van der Waals surface area (Å²) in [5.41, 5.74) is 0. The average molecular weight is 240 g/mol. The van der Waals surface area contributed by atoms with Crippen molar-refractivity contribution in [3.8, 4) is 0 Å². The highest BCUT2D eigenvalue weighted by atomic mass is 33.8. The zero-order valence-electron chi connectivity index (χ0n) is 5.51. The Hall–Kier alpha value is 0.960. The van der Waals surface area contributed by atoms with E-state index >= 15 is 0 Å². The molecule has 11 heavy (non-hydrogen) atoms. The molecule has 2 rings (SSSR count). The van der Waals surface area contributed by atoms with Gasteiger partial charge in [0.15, 0.2) is 0 Å². The van der Waals surface area contributed by atoms with E-state index in [1.165, 1.54) is 9.92 Å². The van der Waals surface area contributed by atoms with Crippen LogP contribution in [0, 0.1) is 0 Å². The fourth-order valence-corrected chi connectivity index (χ4v) is 9.53. The summed E-state index contributed by atoms with van der Waals surface area (Å²) in [5.74, 6) is 0. The van der Waals surface area contributed by atoms with Crippen LogP contribution in [-0.2, 0) is 7.05 Å². The Morgan fingerprint density at radius 3 is 3.00 bits per heavy atom. The van der Waals surface area contributed by atoms with Crippen LogP contribution in [-0.4, -0.2) is 9.78 Å². The molecule has 2 heterocycles. The number of nitrogens with zero attached hydrogens (tertiary/aromatic N) is 2. The SMILES string of the molecule is Cn1ncc2c1SSSSS2. The molecule has 0 aromatic carbocycles. The minimum absolute atomic E-state index is 1.26. The van der Waals surface area contributed by atoms with Gasteiger partial charge in [0.25, 0.3) is 0 Å². The van der Waals surface area contributed by atoms with E-state index in [0.717, 1.165) is 0 Å². The number of aryl methyl sites for hydroxylation is 1. The molecule has 0 bridgehead atoms. The maximum absolute atomic E-state index is 4.18. The minimum atomic E-state index is 1.26. The van der Waals surface area contributed by atoms with Gasteiger partial charge in [-0.3, -0.25) is 4.68 Å². The van der Waals surface area contributed by atoms with Gasteiger partial charge in [-0.1, -0.05) is 0 Å². The summed E-state index contributed by atoms with van der Waals surface area (Å²) in [5, 5.41) is 5.44. The normalized spacial score (nSPS) is 17.5. The highest BCUT2D eigenvalue weighted by Crippen LogP contribution is 2.58. The van der Waals surface area contributed by atoms with Gasteiger partial charge in [-0.25, -0.2) is 0 Å². The van der Waals surface area contributed by atoms with Crippen molar-refractivity contribution >= 4 is 51.1 Å². The van der Waals surface area contributed by atoms with Crippen molar-refractivity contribution in [1.29, 1.82) is 0 Å². The first-order valence-corrected chi connectivity index (χ1v) is 8.89. The number of rotatable bonds is 0. The minimum Gasteiger partial charge on any atom is -0.260 e. The van der Waals surface area contributed by atoms with E-state index in [0.29, 0.717) is 0 Å². The molecule has 0 spiro atoms. The molecule has 60 valence electrons. The van der Waals surface area contributed by atoms with E-state index in [4.69, 9.17) is 0 Å².